The standard InChI is InChI=1S/C24H29N5O2/c1-17-21(19-7-9-20(25-4)10-8-19)27-23(29-13-11-26-22(17)29)31-15-18-6-5-12-28(14-18)16-24(2,3)30/h7-11,13,18,30H,5-6,12,14-16H2,1-3H3. The lowest BCUT2D eigenvalue weighted by atomic mass is 9.97. The van der Waals surface area contributed by atoms with Gasteiger partial charge in [-0.25, -0.2) is 9.83 Å². The summed E-state index contributed by atoms with van der Waals surface area (Å²) < 4.78 is 8.12. The molecule has 7 heteroatoms. The van der Waals surface area contributed by atoms with Crippen LogP contribution in [-0.4, -0.2) is 56.2 Å². The molecule has 1 saturated heterocycles. The van der Waals surface area contributed by atoms with Crippen molar-refractivity contribution in [3.8, 4) is 17.3 Å². The van der Waals surface area contributed by atoms with Crippen LogP contribution in [0.25, 0.3) is 21.7 Å². The van der Waals surface area contributed by atoms with E-state index in [0.717, 1.165) is 48.4 Å². The molecule has 1 aliphatic heterocycles. The summed E-state index contributed by atoms with van der Waals surface area (Å²) in [5.41, 5.74) is 3.46. The first-order valence-electron chi connectivity index (χ1n) is 10.7. The monoisotopic (exact) mass is 419 g/mol. The molecule has 4 rings (SSSR count). The second-order valence-corrected chi connectivity index (χ2v) is 9.01. The van der Waals surface area contributed by atoms with Gasteiger partial charge < -0.3 is 14.7 Å². The van der Waals surface area contributed by atoms with Gasteiger partial charge in [-0.2, -0.15) is 4.98 Å². The Kier molecular flexibility index (Phi) is 5.94. The Bertz CT molecular complexity index is 1090. The molecule has 0 radical (unpaired) electrons. The molecular weight excluding hydrogens is 390 g/mol. The van der Waals surface area contributed by atoms with Gasteiger partial charge in [0.1, 0.15) is 5.65 Å². The Morgan fingerprint density at radius 3 is 2.77 bits per heavy atom. The number of piperidine rings is 1. The van der Waals surface area contributed by atoms with Gasteiger partial charge in [-0.15, -0.1) is 0 Å². The van der Waals surface area contributed by atoms with Crippen LogP contribution in [0.5, 0.6) is 6.01 Å². The topological polar surface area (TPSA) is 67.2 Å². The average Bonchev–Trinajstić information content (AvgIpc) is 3.23. The number of hydrogen-bond donors (Lipinski definition) is 1. The van der Waals surface area contributed by atoms with Crippen LogP contribution in [0.2, 0.25) is 0 Å². The number of benzene rings is 1. The number of rotatable bonds is 6. The lowest BCUT2D eigenvalue weighted by Gasteiger charge is -2.35. The fourth-order valence-corrected chi connectivity index (χ4v) is 4.32. The smallest absolute Gasteiger partial charge is 0.302 e. The van der Waals surface area contributed by atoms with Crippen molar-refractivity contribution in [1.29, 1.82) is 0 Å². The van der Waals surface area contributed by atoms with Crippen molar-refractivity contribution >= 4 is 11.3 Å². The van der Waals surface area contributed by atoms with Crippen LogP contribution in [-0.2, 0) is 0 Å². The van der Waals surface area contributed by atoms with Crippen molar-refractivity contribution in [1.82, 2.24) is 19.3 Å². The van der Waals surface area contributed by atoms with Crippen molar-refractivity contribution in [2.24, 2.45) is 5.92 Å². The predicted molar refractivity (Wildman–Crippen MR) is 120 cm³/mol. The van der Waals surface area contributed by atoms with Crippen molar-refractivity contribution in [2.45, 2.75) is 39.2 Å². The number of fused-ring (bicyclic) bond motifs is 1. The van der Waals surface area contributed by atoms with Gasteiger partial charge >= 0.3 is 6.01 Å². The molecule has 3 aromatic rings. The maximum absolute atomic E-state index is 10.1. The molecule has 0 bridgehead atoms. The van der Waals surface area contributed by atoms with Crippen molar-refractivity contribution in [2.75, 3.05) is 26.2 Å². The molecule has 0 saturated carbocycles. The molecule has 1 aliphatic rings. The van der Waals surface area contributed by atoms with Crippen molar-refractivity contribution < 1.29 is 9.84 Å². The van der Waals surface area contributed by atoms with Crippen LogP contribution in [0.3, 0.4) is 0 Å². The fourth-order valence-electron chi connectivity index (χ4n) is 4.32. The van der Waals surface area contributed by atoms with E-state index in [1.54, 1.807) is 18.3 Å². The minimum absolute atomic E-state index is 0.388. The highest BCUT2D eigenvalue weighted by molar-refractivity contribution is 5.71. The first-order chi connectivity index (χ1) is 14.8. The highest BCUT2D eigenvalue weighted by Crippen LogP contribution is 2.29. The molecule has 3 heterocycles. The first kappa shape index (κ1) is 21.3. The van der Waals surface area contributed by atoms with Gasteiger partial charge in [0.05, 0.1) is 24.5 Å². The van der Waals surface area contributed by atoms with Gasteiger partial charge in [-0.3, -0.25) is 4.40 Å². The summed E-state index contributed by atoms with van der Waals surface area (Å²) >= 11 is 0. The van der Waals surface area contributed by atoms with Crippen LogP contribution in [0.15, 0.2) is 36.7 Å². The fraction of sp³-hybridized carbons (Fsp3) is 0.458. The summed E-state index contributed by atoms with van der Waals surface area (Å²) in [5, 5.41) is 10.1. The first-order valence-corrected chi connectivity index (χ1v) is 10.7. The number of imidazole rings is 1. The van der Waals surface area contributed by atoms with E-state index in [1.165, 1.54) is 0 Å². The molecule has 1 unspecified atom stereocenters. The number of aryl methyl sites for hydroxylation is 1. The van der Waals surface area contributed by atoms with E-state index < -0.39 is 5.60 Å². The normalized spacial score (nSPS) is 17.6. The van der Waals surface area contributed by atoms with E-state index in [0.29, 0.717) is 30.8 Å². The van der Waals surface area contributed by atoms with Gasteiger partial charge in [-0.1, -0.05) is 24.3 Å². The molecule has 31 heavy (non-hydrogen) atoms. The largest absolute Gasteiger partial charge is 0.464 e. The van der Waals surface area contributed by atoms with Gasteiger partial charge in [0.15, 0.2) is 5.69 Å². The summed E-state index contributed by atoms with van der Waals surface area (Å²) in [6, 6.07) is 7.98. The lowest BCUT2D eigenvalue weighted by molar-refractivity contribution is 0.0162. The molecule has 2 aromatic heterocycles. The molecule has 1 atom stereocenters. The van der Waals surface area contributed by atoms with Crippen LogP contribution < -0.4 is 4.74 Å². The number of ether oxygens (including phenoxy) is 1. The summed E-state index contributed by atoms with van der Waals surface area (Å²) in [4.78, 5) is 15.1. The second-order valence-electron chi connectivity index (χ2n) is 9.01. The zero-order valence-corrected chi connectivity index (χ0v) is 18.4. The molecule has 1 fully saturated rings. The Labute approximate surface area is 183 Å². The number of hydrogen-bond acceptors (Lipinski definition) is 5. The minimum atomic E-state index is -0.693. The van der Waals surface area contributed by atoms with E-state index in [1.807, 2.05) is 43.5 Å². The van der Waals surface area contributed by atoms with Gasteiger partial charge in [0.25, 0.3) is 0 Å². The Morgan fingerprint density at radius 1 is 1.29 bits per heavy atom. The van der Waals surface area contributed by atoms with Gasteiger partial charge in [-0.05, 0) is 45.7 Å². The van der Waals surface area contributed by atoms with E-state index in [4.69, 9.17) is 16.3 Å². The molecule has 0 amide bonds. The summed E-state index contributed by atoms with van der Waals surface area (Å²) in [6.07, 6.45) is 5.84. The Hall–Kier alpha value is -2.95. The number of nitrogens with zero attached hydrogens (tertiary/aromatic N) is 5. The number of aromatic nitrogens is 3. The predicted octanol–water partition coefficient (Wildman–Crippen LogP) is 4.12. The van der Waals surface area contributed by atoms with E-state index >= 15 is 0 Å². The van der Waals surface area contributed by atoms with E-state index in [-0.39, 0.29) is 0 Å². The molecule has 0 aliphatic carbocycles. The third kappa shape index (κ3) is 4.87. The minimum Gasteiger partial charge on any atom is -0.464 e. The zero-order chi connectivity index (χ0) is 22.0. The maximum atomic E-state index is 10.1. The van der Waals surface area contributed by atoms with Crippen LogP contribution >= 0.6 is 0 Å². The number of likely N-dealkylation sites (tertiary alicyclic amines) is 1. The lowest BCUT2D eigenvalue weighted by Crippen LogP contribution is -2.45. The second kappa shape index (κ2) is 8.66. The Morgan fingerprint density at radius 2 is 2.06 bits per heavy atom. The highest BCUT2D eigenvalue weighted by atomic mass is 16.5. The zero-order valence-electron chi connectivity index (χ0n) is 18.4. The summed E-state index contributed by atoms with van der Waals surface area (Å²) in [6.45, 7) is 16.0. The average molecular weight is 420 g/mol. The van der Waals surface area contributed by atoms with Crippen LogP contribution in [0.1, 0.15) is 32.3 Å². The Balaban J connectivity index is 1.55. The highest BCUT2D eigenvalue weighted by Gasteiger charge is 2.25. The third-order valence-electron chi connectivity index (χ3n) is 5.68. The SMILES string of the molecule is [C-]#[N+]c1ccc(-c2nc(OCC3CCCN(CC(C)(C)O)C3)n3ccnc3c2C)cc1. The van der Waals surface area contributed by atoms with Gasteiger partial charge in [0, 0.05) is 37.0 Å². The third-order valence-corrected chi connectivity index (χ3v) is 5.68. The van der Waals surface area contributed by atoms with Crippen LogP contribution in [0, 0.1) is 19.4 Å². The molecule has 0 spiro atoms. The summed E-state index contributed by atoms with van der Waals surface area (Å²) in [5.74, 6) is 0.388. The van der Waals surface area contributed by atoms with Gasteiger partial charge in [0.2, 0.25) is 0 Å². The van der Waals surface area contributed by atoms with Crippen molar-refractivity contribution in [3.05, 3.63) is 53.6 Å². The van der Waals surface area contributed by atoms with Crippen molar-refractivity contribution in [3.63, 3.8) is 0 Å². The quantitative estimate of drug-likeness (QED) is 0.609. The summed E-state index contributed by atoms with van der Waals surface area (Å²) in [7, 11) is 0. The molecule has 1 N–H and O–H groups in total. The van der Waals surface area contributed by atoms with E-state index in [9.17, 15) is 5.11 Å². The number of aliphatic hydroxyl groups is 1. The number of β-amino-alcohol motifs (C(OH)–C–C–N with tert-alkyl or cyclic N) is 1. The maximum Gasteiger partial charge on any atom is 0.302 e. The molecular formula is C24H29N5O2. The van der Waals surface area contributed by atoms with E-state index in [2.05, 4.69) is 14.7 Å². The molecule has 162 valence electrons. The molecule has 1 aromatic carbocycles. The van der Waals surface area contributed by atoms with Crippen LogP contribution in [0.4, 0.5) is 5.69 Å². The molecule has 7 nitrogen and oxygen atoms in total.